The van der Waals surface area contributed by atoms with Crippen LogP contribution in [0.2, 0.25) is 0 Å². The van der Waals surface area contributed by atoms with Gasteiger partial charge in [-0.25, -0.2) is 4.98 Å². The van der Waals surface area contributed by atoms with E-state index in [1.807, 2.05) is 13.8 Å². The normalized spacial score (nSPS) is 10.7. The van der Waals surface area contributed by atoms with Crippen LogP contribution in [0.15, 0.2) is 21.8 Å². The number of hydrogen-bond acceptors (Lipinski definition) is 4. The molecular formula is C12H20N2OS. The smallest absolute Gasteiger partial charge is 0.256 e. The van der Waals surface area contributed by atoms with Gasteiger partial charge in [-0.05, 0) is 26.8 Å². The van der Waals surface area contributed by atoms with E-state index >= 15 is 0 Å². The maximum Gasteiger partial charge on any atom is 0.256 e. The topological polar surface area (TPSA) is 38.1 Å². The lowest BCUT2D eigenvalue weighted by Gasteiger charge is -2.04. The number of aryl methyl sites for hydroxylation is 2. The highest BCUT2D eigenvalue weighted by Crippen LogP contribution is 2.21. The lowest BCUT2D eigenvalue weighted by molar-refractivity contribution is 0.431. The van der Waals surface area contributed by atoms with E-state index in [4.69, 9.17) is 4.42 Å². The van der Waals surface area contributed by atoms with Crippen LogP contribution in [-0.2, 0) is 0 Å². The molecule has 1 rings (SSSR count). The molecule has 90 valence electrons. The molecule has 1 aromatic heterocycles. The molecule has 1 heterocycles. The van der Waals surface area contributed by atoms with Gasteiger partial charge in [0.15, 0.2) is 0 Å². The molecule has 4 heteroatoms. The molecule has 0 radical (unpaired) electrons. The summed E-state index contributed by atoms with van der Waals surface area (Å²) in [4.78, 5) is 4.31. The van der Waals surface area contributed by atoms with Crippen molar-refractivity contribution < 1.29 is 4.42 Å². The Bertz CT molecular complexity index is 327. The molecule has 1 N–H and O–H groups in total. The molecule has 0 saturated carbocycles. The van der Waals surface area contributed by atoms with Gasteiger partial charge in [-0.3, -0.25) is 0 Å². The van der Waals surface area contributed by atoms with E-state index in [0.717, 1.165) is 41.9 Å². The third kappa shape index (κ3) is 4.41. The number of oxazole rings is 1. The first kappa shape index (κ1) is 13.3. The summed E-state index contributed by atoms with van der Waals surface area (Å²) in [7, 11) is 0. The van der Waals surface area contributed by atoms with Crippen molar-refractivity contribution in [3.63, 3.8) is 0 Å². The highest BCUT2D eigenvalue weighted by Gasteiger charge is 2.06. The summed E-state index contributed by atoms with van der Waals surface area (Å²) >= 11 is 1.60. The molecular weight excluding hydrogens is 220 g/mol. The van der Waals surface area contributed by atoms with Crippen LogP contribution >= 0.6 is 11.8 Å². The molecule has 0 unspecified atom stereocenters. The summed E-state index contributed by atoms with van der Waals surface area (Å²) in [6.45, 7) is 12.0. The second kappa shape index (κ2) is 6.76. The Hall–Kier alpha value is -0.740. The lowest BCUT2D eigenvalue weighted by Crippen LogP contribution is -2.18. The van der Waals surface area contributed by atoms with Crippen molar-refractivity contribution in [2.75, 3.05) is 18.8 Å². The number of rotatable bonds is 7. The van der Waals surface area contributed by atoms with Gasteiger partial charge in [-0.1, -0.05) is 30.8 Å². The first-order chi connectivity index (χ1) is 7.63. The van der Waals surface area contributed by atoms with Crippen molar-refractivity contribution in [1.82, 2.24) is 10.3 Å². The van der Waals surface area contributed by atoms with Crippen LogP contribution in [0.5, 0.6) is 0 Å². The van der Waals surface area contributed by atoms with Crippen molar-refractivity contribution in [2.45, 2.75) is 32.4 Å². The number of thioether (sulfide) groups is 1. The van der Waals surface area contributed by atoms with Crippen molar-refractivity contribution >= 4 is 11.8 Å². The maximum atomic E-state index is 5.48. The predicted molar refractivity (Wildman–Crippen MR) is 69.0 cm³/mol. The van der Waals surface area contributed by atoms with E-state index < -0.39 is 0 Å². The molecule has 3 nitrogen and oxygen atoms in total. The average molecular weight is 240 g/mol. The third-order valence-electron chi connectivity index (χ3n) is 2.21. The molecule has 0 amide bonds. The fraction of sp³-hybridized carbons (Fsp3) is 0.583. The van der Waals surface area contributed by atoms with Crippen LogP contribution in [0, 0.1) is 13.8 Å². The molecule has 0 aliphatic carbocycles. The minimum absolute atomic E-state index is 0.742. The Balaban J connectivity index is 2.26. The van der Waals surface area contributed by atoms with Gasteiger partial charge in [-0.15, -0.1) is 0 Å². The van der Waals surface area contributed by atoms with E-state index in [2.05, 4.69) is 23.8 Å². The van der Waals surface area contributed by atoms with Gasteiger partial charge in [0.25, 0.3) is 5.22 Å². The number of hydrogen-bond donors (Lipinski definition) is 1. The average Bonchev–Trinajstić information content (AvgIpc) is 2.56. The zero-order chi connectivity index (χ0) is 12.0. The van der Waals surface area contributed by atoms with Gasteiger partial charge in [0, 0.05) is 12.3 Å². The van der Waals surface area contributed by atoms with Gasteiger partial charge in [0.1, 0.15) is 5.76 Å². The molecule has 0 aliphatic heterocycles. The largest absolute Gasteiger partial charge is 0.437 e. The van der Waals surface area contributed by atoms with E-state index in [0.29, 0.717) is 0 Å². The molecule has 0 saturated heterocycles. The molecule has 0 spiro atoms. The Morgan fingerprint density at radius 1 is 1.50 bits per heavy atom. The summed E-state index contributed by atoms with van der Waals surface area (Å²) in [6.07, 6.45) is 1.15. The fourth-order valence-electron chi connectivity index (χ4n) is 1.16. The Morgan fingerprint density at radius 3 is 2.81 bits per heavy atom. The van der Waals surface area contributed by atoms with E-state index in [1.165, 1.54) is 5.57 Å². The van der Waals surface area contributed by atoms with Crippen molar-refractivity contribution in [1.29, 1.82) is 0 Å². The first-order valence-corrected chi connectivity index (χ1v) is 6.56. The van der Waals surface area contributed by atoms with Gasteiger partial charge >= 0.3 is 0 Å². The number of nitrogens with one attached hydrogen (secondary N) is 1. The Labute approximate surface area is 102 Å². The van der Waals surface area contributed by atoms with Crippen LogP contribution < -0.4 is 5.32 Å². The molecule has 16 heavy (non-hydrogen) atoms. The summed E-state index contributed by atoms with van der Waals surface area (Å²) in [5.74, 6) is 1.76. The SMILES string of the molecule is C=C(CNCCC)CSc1nc(C)c(C)o1. The third-order valence-corrected chi connectivity index (χ3v) is 3.18. The monoisotopic (exact) mass is 240 g/mol. The van der Waals surface area contributed by atoms with Crippen molar-refractivity contribution in [3.8, 4) is 0 Å². The van der Waals surface area contributed by atoms with Gasteiger partial charge in [0.2, 0.25) is 0 Å². The highest BCUT2D eigenvalue weighted by molar-refractivity contribution is 7.99. The van der Waals surface area contributed by atoms with Crippen LogP contribution in [0.3, 0.4) is 0 Å². The second-order valence-corrected chi connectivity index (χ2v) is 4.76. The van der Waals surface area contributed by atoms with E-state index in [-0.39, 0.29) is 0 Å². The highest BCUT2D eigenvalue weighted by atomic mass is 32.2. The van der Waals surface area contributed by atoms with Gasteiger partial charge in [0.05, 0.1) is 5.69 Å². The maximum absolute atomic E-state index is 5.48. The van der Waals surface area contributed by atoms with Crippen LogP contribution in [-0.4, -0.2) is 23.8 Å². The van der Waals surface area contributed by atoms with E-state index in [9.17, 15) is 0 Å². The molecule has 0 atom stereocenters. The molecule has 0 fully saturated rings. The standard InChI is InChI=1S/C12H20N2OS/c1-5-6-13-7-9(2)8-16-12-14-10(3)11(4)15-12/h13H,2,5-8H2,1,3-4H3. The summed E-state index contributed by atoms with van der Waals surface area (Å²) in [5.41, 5.74) is 2.14. The van der Waals surface area contributed by atoms with Crippen molar-refractivity contribution in [2.24, 2.45) is 0 Å². The van der Waals surface area contributed by atoms with Gasteiger partial charge in [-0.2, -0.15) is 0 Å². The zero-order valence-corrected chi connectivity index (χ0v) is 11.1. The minimum Gasteiger partial charge on any atom is -0.437 e. The Morgan fingerprint density at radius 2 is 2.25 bits per heavy atom. The van der Waals surface area contributed by atoms with Crippen molar-refractivity contribution in [3.05, 3.63) is 23.6 Å². The summed E-state index contributed by atoms with van der Waals surface area (Å²) in [5, 5.41) is 4.07. The van der Waals surface area contributed by atoms with Crippen LogP contribution in [0.4, 0.5) is 0 Å². The fourth-order valence-corrected chi connectivity index (χ4v) is 1.98. The second-order valence-electron chi connectivity index (χ2n) is 3.84. The summed E-state index contributed by atoms with van der Waals surface area (Å²) in [6, 6.07) is 0. The summed E-state index contributed by atoms with van der Waals surface area (Å²) < 4.78 is 5.48. The van der Waals surface area contributed by atoms with Crippen LogP contribution in [0.1, 0.15) is 24.8 Å². The number of nitrogens with zero attached hydrogens (tertiary/aromatic N) is 1. The quantitative estimate of drug-likeness (QED) is 0.452. The molecule has 0 bridgehead atoms. The Kier molecular flexibility index (Phi) is 5.63. The molecule has 0 aromatic carbocycles. The lowest BCUT2D eigenvalue weighted by atomic mass is 10.3. The van der Waals surface area contributed by atoms with Gasteiger partial charge < -0.3 is 9.73 Å². The first-order valence-electron chi connectivity index (χ1n) is 5.57. The van der Waals surface area contributed by atoms with E-state index in [1.54, 1.807) is 11.8 Å². The van der Waals surface area contributed by atoms with Crippen LogP contribution in [0.25, 0.3) is 0 Å². The number of aromatic nitrogens is 1. The predicted octanol–water partition coefficient (Wildman–Crippen LogP) is 2.94. The minimum atomic E-state index is 0.742. The zero-order valence-electron chi connectivity index (χ0n) is 10.3. The molecule has 1 aromatic rings. The molecule has 0 aliphatic rings.